The summed E-state index contributed by atoms with van der Waals surface area (Å²) in [6.07, 6.45) is -0.714. The molecule has 0 spiro atoms. The second-order valence-electron chi connectivity index (χ2n) is 9.65. The third-order valence-corrected chi connectivity index (χ3v) is 5.64. The second kappa shape index (κ2) is 13.4. The van der Waals surface area contributed by atoms with Crippen molar-refractivity contribution >= 4 is 23.6 Å². The van der Waals surface area contributed by atoms with Crippen molar-refractivity contribution in [2.75, 3.05) is 5.32 Å². The van der Waals surface area contributed by atoms with Crippen molar-refractivity contribution in [3.05, 3.63) is 132 Å². The number of hydrogen-bond donors (Lipinski definition) is 2. The Morgan fingerprint density at radius 2 is 1.25 bits per heavy atom. The molecule has 0 bridgehead atoms. The Morgan fingerprint density at radius 3 is 1.68 bits per heavy atom. The largest absolute Gasteiger partial charge is 1.00 e. The van der Waals surface area contributed by atoms with E-state index in [0.717, 1.165) is 16.7 Å². The first kappa shape index (κ1) is 30.6. The summed E-state index contributed by atoms with van der Waals surface area (Å²) in [4.78, 5) is 35.2. The van der Waals surface area contributed by atoms with Crippen molar-refractivity contribution in [2.24, 2.45) is 5.16 Å². The zero-order valence-corrected chi connectivity index (χ0v) is 24.9. The predicted molar refractivity (Wildman–Crippen MR) is 150 cm³/mol. The van der Waals surface area contributed by atoms with Gasteiger partial charge in [0.05, 0.1) is 0 Å². The molecular weight excluding hydrogens is 517 g/mol. The minimum absolute atomic E-state index is 0. The number of aliphatic carboxylic acids is 1. The maximum Gasteiger partial charge on any atom is 1.00 e. The van der Waals surface area contributed by atoms with Crippen LogP contribution in [0.25, 0.3) is 0 Å². The SMILES string of the molecule is CC(C)(C)OC(=O)Nc1cccc(C(=NOC(c2ccccc2)(c2ccccc2)c2ccccc2)C(=O)O)n1.[H-].[Na+]. The minimum Gasteiger partial charge on any atom is -1.00 e. The molecule has 1 amide bonds. The molecule has 0 aliphatic rings. The quantitative estimate of drug-likeness (QED) is 0.152. The molecule has 1 heterocycles. The summed E-state index contributed by atoms with van der Waals surface area (Å²) in [5, 5.41) is 16.8. The first-order chi connectivity index (χ1) is 18.7. The van der Waals surface area contributed by atoms with Crippen molar-refractivity contribution in [1.82, 2.24) is 4.98 Å². The molecule has 2 N–H and O–H groups in total. The van der Waals surface area contributed by atoms with Crippen LogP contribution in [0.15, 0.2) is 114 Å². The van der Waals surface area contributed by atoms with E-state index in [1.165, 1.54) is 12.1 Å². The molecule has 4 aromatic rings. The normalized spacial score (nSPS) is 11.6. The standard InChI is InChI=1S/C31H29N3O5.Na.H/c1-30(2,3)38-29(37)33-26-21-13-20-25(32-26)27(28(35)36)34-39-31(22-14-7-4-8-15-22,23-16-9-5-10-17-23)24-18-11-6-12-19-24;;/h4-21H,1-3H3,(H,35,36)(H,32,33,37);;/q;+1;-1. The number of aromatic nitrogens is 1. The van der Waals surface area contributed by atoms with E-state index in [9.17, 15) is 14.7 Å². The molecule has 4 rings (SSSR count). The molecule has 3 aromatic carbocycles. The van der Waals surface area contributed by atoms with E-state index >= 15 is 0 Å². The van der Waals surface area contributed by atoms with Crippen LogP contribution in [0.3, 0.4) is 0 Å². The molecule has 8 nitrogen and oxygen atoms in total. The fourth-order valence-corrected chi connectivity index (χ4v) is 4.03. The number of pyridine rings is 1. The minimum atomic E-state index is -1.35. The summed E-state index contributed by atoms with van der Waals surface area (Å²) in [5.74, 6) is -1.24. The van der Waals surface area contributed by atoms with Gasteiger partial charge in [-0.15, -0.1) is 0 Å². The van der Waals surface area contributed by atoms with Crippen molar-refractivity contribution in [3.8, 4) is 0 Å². The maximum absolute atomic E-state index is 12.4. The van der Waals surface area contributed by atoms with Crippen LogP contribution in [0.1, 0.15) is 44.6 Å². The van der Waals surface area contributed by atoms with Crippen LogP contribution in [0.2, 0.25) is 0 Å². The Morgan fingerprint density at radius 1 is 0.775 bits per heavy atom. The van der Waals surface area contributed by atoms with Gasteiger partial charge in [0.25, 0.3) is 0 Å². The number of anilines is 1. The van der Waals surface area contributed by atoms with Crippen LogP contribution in [0.4, 0.5) is 10.6 Å². The fraction of sp³-hybridized carbons (Fsp3) is 0.161. The molecule has 0 radical (unpaired) electrons. The summed E-state index contributed by atoms with van der Waals surface area (Å²) in [6.45, 7) is 5.21. The summed E-state index contributed by atoms with van der Waals surface area (Å²) >= 11 is 0. The number of carbonyl (C=O) groups is 2. The first-order valence-corrected chi connectivity index (χ1v) is 12.3. The molecule has 0 unspecified atom stereocenters. The van der Waals surface area contributed by atoms with Gasteiger partial charge in [0.2, 0.25) is 11.3 Å². The number of carboxylic acids is 1. The number of amides is 1. The fourth-order valence-electron chi connectivity index (χ4n) is 4.03. The Labute approximate surface area is 256 Å². The monoisotopic (exact) mass is 547 g/mol. The van der Waals surface area contributed by atoms with Gasteiger partial charge in [-0.05, 0) is 32.9 Å². The second-order valence-corrected chi connectivity index (χ2v) is 9.65. The molecule has 200 valence electrons. The average Bonchev–Trinajstić information content (AvgIpc) is 2.91. The Balaban J connectivity index is 0.00000294. The van der Waals surface area contributed by atoms with Crippen LogP contribution in [-0.4, -0.2) is 33.5 Å². The van der Waals surface area contributed by atoms with Crippen LogP contribution < -0.4 is 34.9 Å². The van der Waals surface area contributed by atoms with Gasteiger partial charge in [0.15, 0.2) is 0 Å². The van der Waals surface area contributed by atoms with Crippen LogP contribution in [-0.2, 0) is 20.0 Å². The Hall–Kier alpha value is -3.98. The third kappa shape index (κ3) is 7.35. The van der Waals surface area contributed by atoms with Gasteiger partial charge in [0, 0.05) is 16.7 Å². The first-order valence-electron chi connectivity index (χ1n) is 12.3. The van der Waals surface area contributed by atoms with E-state index in [4.69, 9.17) is 9.57 Å². The topological polar surface area (TPSA) is 110 Å². The third-order valence-electron chi connectivity index (χ3n) is 5.64. The molecule has 0 fully saturated rings. The molecule has 0 atom stereocenters. The van der Waals surface area contributed by atoms with E-state index in [1.54, 1.807) is 26.8 Å². The zero-order valence-electron chi connectivity index (χ0n) is 23.9. The smallest absolute Gasteiger partial charge is 1.00 e. The number of carbonyl (C=O) groups excluding carboxylic acids is 1. The van der Waals surface area contributed by atoms with E-state index in [2.05, 4.69) is 15.5 Å². The zero-order chi connectivity index (χ0) is 27.9. The number of carboxylic acid groups (broad SMARTS) is 1. The van der Waals surface area contributed by atoms with Gasteiger partial charge in [0.1, 0.15) is 17.1 Å². The molecule has 0 aliphatic carbocycles. The summed E-state index contributed by atoms with van der Waals surface area (Å²) in [6, 6.07) is 33.0. The number of benzene rings is 3. The van der Waals surface area contributed by atoms with Crippen LogP contribution >= 0.6 is 0 Å². The van der Waals surface area contributed by atoms with Crippen LogP contribution in [0, 0.1) is 0 Å². The van der Waals surface area contributed by atoms with E-state index < -0.39 is 29.0 Å². The van der Waals surface area contributed by atoms with Crippen molar-refractivity contribution in [3.63, 3.8) is 0 Å². The van der Waals surface area contributed by atoms with Crippen molar-refractivity contribution in [2.45, 2.75) is 32.0 Å². The van der Waals surface area contributed by atoms with Gasteiger partial charge in [-0.3, -0.25) is 5.32 Å². The number of nitrogens with one attached hydrogen (secondary N) is 1. The van der Waals surface area contributed by atoms with Gasteiger partial charge in [-0.2, -0.15) is 0 Å². The van der Waals surface area contributed by atoms with Crippen molar-refractivity contribution < 1.29 is 55.3 Å². The van der Waals surface area contributed by atoms with E-state index in [0.29, 0.717) is 0 Å². The van der Waals surface area contributed by atoms with Gasteiger partial charge in [-0.1, -0.05) is 102 Å². The molecule has 0 saturated heterocycles. The summed E-state index contributed by atoms with van der Waals surface area (Å²) in [5.41, 5.74) is -0.151. The molecule has 0 saturated carbocycles. The summed E-state index contributed by atoms with van der Waals surface area (Å²) in [7, 11) is 0. The van der Waals surface area contributed by atoms with Crippen molar-refractivity contribution in [1.29, 1.82) is 0 Å². The molecule has 1 aromatic heterocycles. The van der Waals surface area contributed by atoms with E-state index in [-0.39, 0.29) is 42.5 Å². The number of rotatable bonds is 8. The van der Waals surface area contributed by atoms with Gasteiger partial charge >= 0.3 is 41.6 Å². The molecule has 9 heteroatoms. The maximum atomic E-state index is 12.4. The molecule has 40 heavy (non-hydrogen) atoms. The average molecular weight is 548 g/mol. The number of nitrogens with zero attached hydrogens (tertiary/aromatic N) is 2. The van der Waals surface area contributed by atoms with Gasteiger partial charge < -0.3 is 16.1 Å². The Kier molecular flexibility index (Phi) is 10.2. The Bertz CT molecular complexity index is 1370. The molecular formula is C31H30N3NaO5. The number of hydrogen-bond acceptors (Lipinski definition) is 6. The summed E-state index contributed by atoms with van der Waals surface area (Å²) < 4.78 is 5.27. The van der Waals surface area contributed by atoms with Crippen LogP contribution in [0.5, 0.6) is 0 Å². The number of oxime groups is 1. The predicted octanol–water partition coefficient (Wildman–Crippen LogP) is 3.34. The van der Waals surface area contributed by atoms with Gasteiger partial charge in [-0.25, -0.2) is 14.6 Å². The van der Waals surface area contributed by atoms with E-state index in [1.807, 2.05) is 91.0 Å². The number of ether oxygens (including phenoxy) is 1. The molecule has 0 aliphatic heterocycles.